The van der Waals surface area contributed by atoms with Crippen molar-refractivity contribution >= 4 is 17.3 Å². The Morgan fingerprint density at radius 3 is 1.39 bits per heavy atom. The molecule has 0 aliphatic carbocycles. The number of carbonyl (C=O) groups is 3. The van der Waals surface area contributed by atoms with E-state index in [1.165, 1.54) is 121 Å². The summed E-state index contributed by atoms with van der Waals surface area (Å²) >= 11 is 0. The van der Waals surface area contributed by atoms with Crippen molar-refractivity contribution in [2.24, 2.45) is 11.8 Å². The zero-order valence-corrected chi connectivity index (χ0v) is 32.9. The molecule has 274 valence electrons. The van der Waals surface area contributed by atoms with Crippen molar-refractivity contribution in [1.29, 1.82) is 0 Å². The molecule has 0 saturated carbocycles. The zero-order chi connectivity index (χ0) is 35.4. The molecule has 0 bridgehead atoms. The summed E-state index contributed by atoms with van der Waals surface area (Å²) in [6, 6.07) is 0. The van der Waals surface area contributed by atoms with Crippen LogP contribution in [0, 0.1) is 11.8 Å². The van der Waals surface area contributed by atoms with E-state index in [0.717, 1.165) is 57.4 Å². The van der Waals surface area contributed by atoms with Gasteiger partial charge in [0.2, 0.25) is 0 Å². The third-order valence-electron chi connectivity index (χ3n) is 8.73. The van der Waals surface area contributed by atoms with Crippen LogP contribution >= 0.6 is 0 Å². The molecule has 0 aromatic heterocycles. The molecular formula is C42H83NO3. The minimum Gasteiger partial charge on any atom is -0.309 e. The van der Waals surface area contributed by atoms with Gasteiger partial charge < -0.3 is 14.5 Å². The first kappa shape index (κ1) is 49.1. The van der Waals surface area contributed by atoms with Gasteiger partial charge in [0.05, 0.1) is 0 Å². The van der Waals surface area contributed by atoms with Crippen molar-refractivity contribution < 1.29 is 14.4 Å². The Balaban J connectivity index is -0.000000789. The van der Waals surface area contributed by atoms with Crippen LogP contribution in [0.15, 0.2) is 12.2 Å². The maximum Gasteiger partial charge on any atom is 0.133 e. The molecule has 1 unspecified atom stereocenters. The maximum absolute atomic E-state index is 12.3. The molecular weight excluding hydrogens is 566 g/mol. The lowest BCUT2D eigenvalue weighted by Gasteiger charge is -2.15. The maximum atomic E-state index is 12.3. The molecule has 0 fully saturated rings. The molecule has 0 rings (SSSR count). The molecule has 0 heterocycles. The SMILES string of the molecule is C=C(CCCC)CCCC.CC(=O)CCCN(C)C.CCCCC(CCCC)CC(=O)CCCCCC(C)CCCCCC(C)=O. The van der Waals surface area contributed by atoms with E-state index in [1.807, 2.05) is 14.1 Å². The highest BCUT2D eigenvalue weighted by Crippen LogP contribution is 2.22. The first-order chi connectivity index (χ1) is 21.9. The average molecular weight is 650 g/mol. The van der Waals surface area contributed by atoms with E-state index < -0.39 is 0 Å². The summed E-state index contributed by atoms with van der Waals surface area (Å²) in [4.78, 5) is 35.7. The lowest BCUT2D eigenvalue weighted by molar-refractivity contribution is -0.120. The number of nitrogens with zero attached hydrogens (tertiary/aromatic N) is 1. The first-order valence-electron chi connectivity index (χ1n) is 19.7. The van der Waals surface area contributed by atoms with Gasteiger partial charge in [-0.05, 0) is 91.3 Å². The Bertz CT molecular complexity index is 681. The molecule has 0 aromatic rings. The van der Waals surface area contributed by atoms with Crippen LogP contribution < -0.4 is 0 Å². The number of ketones is 3. The second-order valence-corrected chi connectivity index (χ2v) is 14.5. The monoisotopic (exact) mass is 650 g/mol. The van der Waals surface area contributed by atoms with Gasteiger partial charge in [0.1, 0.15) is 17.3 Å². The van der Waals surface area contributed by atoms with E-state index in [1.54, 1.807) is 13.8 Å². The number of Topliss-reactive ketones (excluding diaryl/α,β-unsaturated/α-hetero) is 3. The molecule has 0 N–H and O–H groups in total. The second kappa shape index (κ2) is 38.2. The van der Waals surface area contributed by atoms with Gasteiger partial charge in [0, 0.05) is 25.7 Å². The fourth-order valence-corrected chi connectivity index (χ4v) is 5.56. The molecule has 0 aliphatic rings. The Morgan fingerprint density at radius 1 is 0.543 bits per heavy atom. The highest BCUT2D eigenvalue weighted by molar-refractivity contribution is 5.78. The van der Waals surface area contributed by atoms with Crippen molar-refractivity contribution in [2.75, 3.05) is 20.6 Å². The summed E-state index contributed by atoms with van der Waals surface area (Å²) in [5.41, 5.74) is 1.45. The van der Waals surface area contributed by atoms with Crippen molar-refractivity contribution in [3.63, 3.8) is 0 Å². The number of carbonyl (C=O) groups excluding carboxylic acids is 3. The third kappa shape index (κ3) is 44.8. The fraction of sp³-hybridized carbons (Fsp3) is 0.881. The number of unbranched alkanes of at least 4 members (excludes halogenated alkanes) is 8. The average Bonchev–Trinajstić information content (AvgIpc) is 3.00. The van der Waals surface area contributed by atoms with Crippen molar-refractivity contribution in [2.45, 2.75) is 209 Å². The second-order valence-electron chi connectivity index (χ2n) is 14.5. The predicted octanol–water partition coefficient (Wildman–Crippen LogP) is 12.9. The molecule has 0 amide bonds. The topological polar surface area (TPSA) is 54.5 Å². The molecule has 0 spiro atoms. The van der Waals surface area contributed by atoms with Gasteiger partial charge in [-0.1, -0.05) is 137 Å². The summed E-state index contributed by atoms with van der Waals surface area (Å²) in [6.07, 6.45) is 29.0. The van der Waals surface area contributed by atoms with Gasteiger partial charge in [0.25, 0.3) is 0 Å². The molecule has 0 aromatic carbocycles. The summed E-state index contributed by atoms with van der Waals surface area (Å²) in [6.45, 7) is 19.7. The van der Waals surface area contributed by atoms with Gasteiger partial charge in [-0.25, -0.2) is 0 Å². The van der Waals surface area contributed by atoms with Crippen molar-refractivity contribution in [3.8, 4) is 0 Å². The minimum absolute atomic E-state index is 0.289. The normalized spacial score (nSPS) is 11.5. The number of hydrogen-bond donors (Lipinski definition) is 0. The molecule has 4 nitrogen and oxygen atoms in total. The highest BCUT2D eigenvalue weighted by atomic mass is 16.1. The highest BCUT2D eigenvalue weighted by Gasteiger charge is 2.13. The van der Waals surface area contributed by atoms with Crippen LogP contribution in [0.25, 0.3) is 0 Å². The Labute approximate surface area is 289 Å². The third-order valence-corrected chi connectivity index (χ3v) is 8.73. The van der Waals surface area contributed by atoms with Crippen LogP contribution in [0.5, 0.6) is 0 Å². The quantitative estimate of drug-likeness (QED) is 0.0574. The predicted molar refractivity (Wildman–Crippen MR) is 205 cm³/mol. The van der Waals surface area contributed by atoms with E-state index in [-0.39, 0.29) is 5.78 Å². The summed E-state index contributed by atoms with van der Waals surface area (Å²) < 4.78 is 0. The minimum atomic E-state index is 0.289. The fourth-order valence-electron chi connectivity index (χ4n) is 5.56. The van der Waals surface area contributed by atoms with E-state index in [4.69, 9.17) is 0 Å². The Hall–Kier alpha value is -1.29. The van der Waals surface area contributed by atoms with Crippen LogP contribution in [0.2, 0.25) is 0 Å². The van der Waals surface area contributed by atoms with E-state index in [0.29, 0.717) is 17.5 Å². The van der Waals surface area contributed by atoms with Gasteiger partial charge in [0.15, 0.2) is 0 Å². The van der Waals surface area contributed by atoms with Gasteiger partial charge >= 0.3 is 0 Å². The standard InChI is InChI=1S/C25H48O2.C10H20.C7H15NO/c1-5-7-18-24(19-8-6-2)21-25(27)20-14-10-12-16-22(3)15-11-9-13-17-23(4)26;1-4-6-8-10(3)9-7-5-2;1-7(9)5-4-6-8(2)3/h22,24H,5-21H2,1-4H3;3-9H2,1-2H3;4-6H2,1-3H3. The first-order valence-corrected chi connectivity index (χ1v) is 19.7. The van der Waals surface area contributed by atoms with Crippen molar-refractivity contribution in [1.82, 2.24) is 4.90 Å². The largest absolute Gasteiger partial charge is 0.309 e. The van der Waals surface area contributed by atoms with Gasteiger partial charge in [-0.2, -0.15) is 0 Å². The molecule has 4 heteroatoms. The van der Waals surface area contributed by atoms with Gasteiger partial charge in [-0.3, -0.25) is 4.79 Å². The molecule has 0 aliphatic heterocycles. The van der Waals surface area contributed by atoms with Crippen LogP contribution in [0.1, 0.15) is 209 Å². The van der Waals surface area contributed by atoms with E-state index in [9.17, 15) is 14.4 Å². The van der Waals surface area contributed by atoms with E-state index in [2.05, 4.69) is 46.1 Å². The van der Waals surface area contributed by atoms with Crippen LogP contribution in [0.3, 0.4) is 0 Å². The van der Waals surface area contributed by atoms with Crippen LogP contribution in [0.4, 0.5) is 0 Å². The molecule has 0 saturated heterocycles. The number of rotatable bonds is 30. The molecule has 0 radical (unpaired) electrons. The van der Waals surface area contributed by atoms with Crippen molar-refractivity contribution in [3.05, 3.63) is 12.2 Å². The summed E-state index contributed by atoms with van der Waals surface area (Å²) in [7, 11) is 4.03. The summed E-state index contributed by atoms with van der Waals surface area (Å²) in [5, 5.41) is 0. The van der Waals surface area contributed by atoms with Crippen LogP contribution in [-0.4, -0.2) is 42.9 Å². The Kier molecular flexibility index (Phi) is 40.7. The number of hydrogen-bond acceptors (Lipinski definition) is 4. The van der Waals surface area contributed by atoms with Crippen LogP contribution in [-0.2, 0) is 14.4 Å². The van der Waals surface area contributed by atoms with Gasteiger partial charge in [-0.15, -0.1) is 0 Å². The summed E-state index contributed by atoms with van der Waals surface area (Å²) in [5.74, 6) is 2.54. The van der Waals surface area contributed by atoms with E-state index >= 15 is 0 Å². The number of allylic oxidation sites excluding steroid dienone is 1. The molecule has 46 heavy (non-hydrogen) atoms. The zero-order valence-electron chi connectivity index (χ0n) is 32.9. The Morgan fingerprint density at radius 2 is 0.978 bits per heavy atom. The lowest BCUT2D eigenvalue weighted by atomic mass is 9.90. The lowest BCUT2D eigenvalue weighted by Crippen LogP contribution is -2.13. The smallest absolute Gasteiger partial charge is 0.133 e. The molecule has 1 atom stereocenters.